The normalized spacial score (nSPS) is 13.7. The van der Waals surface area contributed by atoms with Gasteiger partial charge in [-0.2, -0.15) is 0 Å². The Morgan fingerprint density at radius 1 is 1.10 bits per heavy atom. The molecule has 1 aliphatic heterocycles. The van der Waals surface area contributed by atoms with Crippen LogP contribution in [0.2, 0.25) is 10.0 Å². The zero-order valence-corrected chi connectivity index (χ0v) is 12.8. The van der Waals surface area contributed by atoms with E-state index in [2.05, 4.69) is 10.3 Å². The van der Waals surface area contributed by atoms with Gasteiger partial charge in [0.15, 0.2) is 0 Å². The minimum Gasteiger partial charge on any atom is -0.487 e. The first-order valence-corrected chi connectivity index (χ1v) is 7.43. The molecule has 3 rings (SSSR count). The first kappa shape index (κ1) is 14.2. The van der Waals surface area contributed by atoms with Crippen molar-refractivity contribution in [3.05, 3.63) is 63.6 Å². The maximum Gasteiger partial charge on any atom is 0.138 e. The largest absolute Gasteiger partial charge is 0.487 e. The summed E-state index contributed by atoms with van der Waals surface area (Å²) in [5.74, 6) is 1.59. The summed E-state index contributed by atoms with van der Waals surface area (Å²) in [5, 5.41) is 4.37. The summed E-state index contributed by atoms with van der Waals surface area (Å²) >= 11 is 11.9. The number of amidine groups is 1. The van der Waals surface area contributed by atoms with Crippen LogP contribution >= 0.6 is 23.2 Å². The monoisotopic (exact) mass is 320 g/mol. The van der Waals surface area contributed by atoms with Gasteiger partial charge in [0.2, 0.25) is 0 Å². The minimum atomic E-state index is 0.460. The molecular weight excluding hydrogens is 307 g/mol. The molecule has 0 fully saturated rings. The van der Waals surface area contributed by atoms with Gasteiger partial charge in [0.25, 0.3) is 0 Å². The second kappa shape index (κ2) is 6.37. The summed E-state index contributed by atoms with van der Waals surface area (Å²) in [6.07, 6.45) is 0. The molecule has 1 N–H and O–H groups in total. The zero-order chi connectivity index (χ0) is 14.7. The number of aliphatic imine (C=N–C) groups is 1. The van der Waals surface area contributed by atoms with E-state index in [9.17, 15) is 0 Å². The van der Waals surface area contributed by atoms with E-state index in [1.165, 1.54) is 0 Å². The number of rotatable bonds is 4. The lowest BCUT2D eigenvalue weighted by Gasteiger charge is -2.09. The van der Waals surface area contributed by atoms with E-state index < -0.39 is 0 Å². The van der Waals surface area contributed by atoms with Crippen LogP contribution in [0.25, 0.3) is 0 Å². The molecule has 0 saturated heterocycles. The lowest BCUT2D eigenvalue weighted by molar-refractivity contribution is 0.306. The van der Waals surface area contributed by atoms with Crippen molar-refractivity contribution < 1.29 is 4.74 Å². The molecule has 0 amide bonds. The molecule has 0 bridgehead atoms. The summed E-state index contributed by atoms with van der Waals surface area (Å²) < 4.78 is 5.71. The summed E-state index contributed by atoms with van der Waals surface area (Å²) in [7, 11) is 0. The van der Waals surface area contributed by atoms with E-state index in [4.69, 9.17) is 27.9 Å². The van der Waals surface area contributed by atoms with Crippen molar-refractivity contribution in [1.29, 1.82) is 0 Å². The third-order valence-electron chi connectivity index (χ3n) is 3.19. The van der Waals surface area contributed by atoms with Crippen molar-refractivity contribution in [3.63, 3.8) is 0 Å². The molecule has 2 aromatic rings. The fraction of sp³-hybridized carbons (Fsp3) is 0.188. The van der Waals surface area contributed by atoms with E-state index >= 15 is 0 Å². The Balaban J connectivity index is 1.65. The lowest BCUT2D eigenvalue weighted by Crippen LogP contribution is -2.19. The van der Waals surface area contributed by atoms with Crippen LogP contribution in [-0.2, 0) is 6.61 Å². The molecular formula is C16H14Cl2N2O. The Hall–Kier alpha value is -1.71. The average Bonchev–Trinajstić information content (AvgIpc) is 3.01. The predicted octanol–water partition coefficient (Wildman–Crippen LogP) is 3.92. The predicted molar refractivity (Wildman–Crippen MR) is 86.6 cm³/mol. The average molecular weight is 321 g/mol. The van der Waals surface area contributed by atoms with E-state index in [1.807, 2.05) is 24.3 Å². The number of ether oxygens (including phenoxy) is 1. The number of nitrogens with zero attached hydrogens (tertiary/aromatic N) is 1. The Morgan fingerprint density at radius 2 is 1.90 bits per heavy atom. The highest BCUT2D eigenvalue weighted by Crippen LogP contribution is 2.28. The Morgan fingerprint density at radius 3 is 2.57 bits per heavy atom. The maximum atomic E-state index is 6.07. The highest BCUT2D eigenvalue weighted by Gasteiger charge is 2.08. The number of hydrogen-bond acceptors (Lipinski definition) is 3. The van der Waals surface area contributed by atoms with E-state index in [-0.39, 0.29) is 0 Å². The molecule has 0 atom stereocenters. The molecule has 2 aromatic carbocycles. The third-order valence-corrected chi connectivity index (χ3v) is 3.72. The molecule has 0 aromatic heterocycles. The summed E-state index contributed by atoms with van der Waals surface area (Å²) in [5.41, 5.74) is 2.17. The van der Waals surface area contributed by atoms with Crippen LogP contribution in [0.1, 0.15) is 11.1 Å². The number of nitrogens with one attached hydrogen (secondary N) is 1. The smallest absolute Gasteiger partial charge is 0.138 e. The van der Waals surface area contributed by atoms with Gasteiger partial charge in [0, 0.05) is 17.1 Å². The first-order valence-electron chi connectivity index (χ1n) is 6.68. The fourth-order valence-electron chi connectivity index (χ4n) is 2.10. The van der Waals surface area contributed by atoms with Crippen molar-refractivity contribution in [3.8, 4) is 5.75 Å². The molecule has 21 heavy (non-hydrogen) atoms. The van der Waals surface area contributed by atoms with Crippen LogP contribution in [-0.4, -0.2) is 18.9 Å². The van der Waals surface area contributed by atoms with Crippen molar-refractivity contribution in [2.24, 2.45) is 4.99 Å². The van der Waals surface area contributed by atoms with E-state index in [0.717, 1.165) is 30.1 Å². The summed E-state index contributed by atoms with van der Waals surface area (Å²) in [6, 6.07) is 13.3. The second-order valence-corrected chi connectivity index (χ2v) is 5.56. The highest BCUT2D eigenvalue weighted by molar-refractivity contribution is 6.35. The molecule has 0 radical (unpaired) electrons. The molecule has 0 spiro atoms. The zero-order valence-electron chi connectivity index (χ0n) is 11.3. The van der Waals surface area contributed by atoms with Crippen LogP contribution in [0.5, 0.6) is 5.75 Å². The number of halogens is 2. The molecule has 1 aliphatic rings. The molecule has 3 nitrogen and oxygen atoms in total. The Kier molecular flexibility index (Phi) is 4.32. The van der Waals surface area contributed by atoms with E-state index in [0.29, 0.717) is 22.4 Å². The Labute approximate surface area is 133 Å². The number of hydrogen-bond donors (Lipinski definition) is 1. The van der Waals surface area contributed by atoms with Crippen molar-refractivity contribution in [1.82, 2.24) is 5.32 Å². The van der Waals surface area contributed by atoms with Crippen molar-refractivity contribution in [2.75, 3.05) is 13.1 Å². The summed E-state index contributed by atoms with van der Waals surface area (Å²) in [6.45, 7) is 2.21. The van der Waals surface area contributed by atoms with Gasteiger partial charge >= 0.3 is 0 Å². The molecule has 0 unspecified atom stereocenters. The van der Waals surface area contributed by atoms with Crippen molar-refractivity contribution >= 4 is 29.0 Å². The molecule has 5 heteroatoms. The van der Waals surface area contributed by atoms with Gasteiger partial charge < -0.3 is 10.1 Å². The lowest BCUT2D eigenvalue weighted by atomic mass is 10.1. The standard InChI is InChI=1S/C16H14Cl2N2O/c17-13-5-6-15(14(18)9-13)21-10-11-1-3-12(4-2-11)16-19-7-8-20-16/h1-6,9H,7-8,10H2,(H,19,20). The van der Waals surface area contributed by atoms with Gasteiger partial charge in [0.1, 0.15) is 18.2 Å². The van der Waals surface area contributed by atoms with Gasteiger partial charge in [-0.1, -0.05) is 47.5 Å². The molecule has 1 heterocycles. The summed E-state index contributed by atoms with van der Waals surface area (Å²) in [4.78, 5) is 4.39. The molecule has 0 aliphatic carbocycles. The van der Waals surface area contributed by atoms with Crippen molar-refractivity contribution in [2.45, 2.75) is 6.61 Å². The minimum absolute atomic E-state index is 0.460. The maximum absolute atomic E-state index is 6.07. The van der Waals surface area contributed by atoms with E-state index in [1.54, 1.807) is 18.2 Å². The van der Waals surface area contributed by atoms with Gasteiger partial charge in [-0.15, -0.1) is 0 Å². The third kappa shape index (κ3) is 3.49. The molecule has 0 saturated carbocycles. The number of benzene rings is 2. The van der Waals surface area contributed by atoms with Crippen LogP contribution < -0.4 is 10.1 Å². The quantitative estimate of drug-likeness (QED) is 0.926. The first-order chi connectivity index (χ1) is 10.2. The van der Waals surface area contributed by atoms with Gasteiger partial charge in [-0.25, -0.2) is 0 Å². The van der Waals surface area contributed by atoms with Crippen LogP contribution in [0.15, 0.2) is 47.5 Å². The SMILES string of the molecule is Clc1ccc(OCc2ccc(C3=NCCN3)cc2)c(Cl)c1. The van der Waals surface area contributed by atoms with Gasteiger partial charge in [-0.3, -0.25) is 4.99 Å². The topological polar surface area (TPSA) is 33.6 Å². The van der Waals surface area contributed by atoms with Crippen LogP contribution in [0.3, 0.4) is 0 Å². The van der Waals surface area contributed by atoms with Crippen LogP contribution in [0, 0.1) is 0 Å². The van der Waals surface area contributed by atoms with Crippen LogP contribution in [0.4, 0.5) is 0 Å². The second-order valence-electron chi connectivity index (χ2n) is 4.72. The molecule has 108 valence electrons. The fourth-order valence-corrected chi connectivity index (χ4v) is 2.57. The Bertz CT molecular complexity index is 668. The highest BCUT2D eigenvalue weighted by atomic mass is 35.5. The van der Waals surface area contributed by atoms with Gasteiger partial charge in [0.05, 0.1) is 11.6 Å². The van der Waals surface area contributed by atoms with Gasteiger partial charge in [-0.05, 0) is 23.8 Å².